The van der Waals surface area contributed by atoms with E-state index in [1.807, 2.05) is 23.6 Å². The van der Waals surface area contributed by atoms with E-state index in [1.54, 1.807) is 0 Å². The van der Waals surface area contributed by atoms with Gasteiger partial charge in [0.15, 0.2) is 5.11 Å². The van der Waals surface area contributed by atoms with E-state index in [9.17, 15) is 4.79 Å². The molecule has 0 spiro atoms. The first-order valence-electron chi connectivity index (χ1n) is 8.30. The predicted octanol–water partition coefficient (Wildman–Crippen LogP) is 5.10. The zero-order valence-electron chi connectivity index (χ0n) is 15.0. The van der Waals surface area contributed by atoms with Crippen LogP contribution in [0.5, 0.6) is 0 Å². The Morgan fingerprint density at radius 2 is 1.96 bits per heavy atom. The highest BCUT2D eigenvalue weighted by molar-refractivity contribution is 7.80. The molecule has 0 aliphatic rings. The number of ether oxygens (including phenoxy) is 1. The minimum absolute atomic E-state index is 0.337. The highest BCUT2D eigenvalue weighted by atomic mass is 32.1. The number of nitrogens with one attached hydrogen (secondary N) is 2. The maximum Gasteiger partial charge on any atom is 0.341 e. The lowest BCUT2D eigenvalue weighted by atomic mass is 10.0. The Balaban J connectivity index is 2.20. The monoisotopic (exact) mass is 376 g/mol. The number of thiocarbonyl (C=S) groups is 1. The van der Waals surface area contributed by atoms with Crippen molar-refractivity contribution in [2.24, 2.45) is 5.92 Å². The fourth-order valence-electron chi connectivity index (χ4n) is 2.61. The average molecular weight is 377 g/mol. The molecule has 1 heterocycles. The lowest BCUT2D eigenvalue weighted by molar-refractivity contribution is 0.0601. The summed E-state index contributed by atoms with van der Waals surface area (Å²) in [6.45, 7) is 6.35. The Labute approximate surface area is 158 Å². The Bertz CT molecular complexity index is 754. The molecule has 2 rings (SSSR count). The first kappa shape index (κ1) is 19.4. The van der Waals surface area contributed by atoms with Crippen molar-refractivity contribution >= 4 is 45.3 Å². The van der Waals surface area contributed by atoms with Crippen LogP contribution in [0.25, 0.3) is 0 Å². The molecule has 0 atom stereocenters. The molecule has 0 aliphatic heterocycles. The van der Waals surface area contributed by atoms with Gasteiger partial charge in [0.1, 0.15) is 5.00 Å². The summed E-state index contributed by atoms with van der Waals surface area (Å²) in [5, 5.41) is 9.55. The summed E-state index contributed by atoms with van der Waals surface area (Å²) in [7, 11) is 1.40. The van der Waals surface area contributed by atoms with Crippen LogP contribution in [0.15, 0.2) is 29.6 Å². The number of aryl methyl sites for hydroxylation is 1. The van der Waals surface area contributed by atoms with Crippen LogP contribution in [0.4, 0.5) is 10.7 Å². The molecule has 25 heavy (non-hydrogen) atoms. The first-order valence-corrected chi connectivity index (χ1v) is 9.59. The van der Waals surface area contributed by atoms with Gasteiger partial charge < -0.3 is 15.4 Å². The van der Waals surface area contributed by atoms with E-state index in [0.29, 0.717) is 21.6 Å². The molecular weight excluding hydrogens is 352 g/mol. The highest BCUT2D eigenvalue weighted by Gasteiger charge is 2.21. The summed E-state index contributed by atoms with van der Waals surface area (Å²) in [5.74, 6) is 0.114. The van der Waals surface area contributed by atoms with E-state index >= 15 is 0 Å². The third kappa shape index (κ3) is 5.03. The van der Waals surface area contributed by atoms with Gasteiger partial charge in [-0.3, -0.25) is 0 Å². The zero-order chi connectivity index (χ0) is 18.4. The summed E-state index contributed by atoms with van der Waals surface area (Å²) in [6.07, 6.45) is 1.73. The number of thiophene rings is 1. The number of esters is 1. The fraction of sp³-hybridized carbons (Fsp3) is 0.368. The van der Waals surface area contributed by atoms with Crippen LogP contribution in [0.1, 0.15) is 42.3 Å². The van der Waals surface area contributed by atoms with Crippen LogP contribution >= 0.6 is 23.6 Å². The van der Waals surface area contributed by atoms with Crippen molar-refractivity contribution in [3.8, 4) is 0 Å². The highest BCUT2D eigenvalue weighted by Crippen LogP contribution is 2.31. The molecule has 2 N–H and O–H groups in total. The van der Waals surface area contributed by atoms with Gasteiger partial charge in [-0.05, 0) is 53.6 Å². The topological polar surface area (TPSA) is 50.4 Å². The van der Waals surface area contributed by atoms with Gasteiger partial charge in [-0.2, -0.15) is 0 Å². The second-order valence-electron chi connectivity index (χ2n) is 6.14. The smallest absolute Gasteiger partial charge is 0.341 e. The predicted molar refractivity (Wildman–Crippen MR) is 110 cm³/mol. The van der Waals surface area contributed by atoms with Crippen molar-refractivity contribution in [3.05, 3.63) is 46.3 Å². The largest absolute Gasteiger partial charge is 0.465 e. The summed E-state index contributed by atoms with van der Waals surface area (Å²) < 4.78 is 4.96. The van der Waals surface area contributed by atoms with E-state index in [-0.39, 0.29) is 5.97 Å². The van der Waals surface area contributed by atoms with Crippen molar-refractivity contribution in [1.82, 2.24) is 0 Å². The van der Waals surface area contributed by atoms with Gasteiger partial charge in [-0.15, -0.1) is 11.3 Å². The van der Waals surface area contributed by atoms with Crippen LogP contribution < -0.4 is 10.6 Å². The molecule has 0 saturated heterocycles. The number of carbonyl (C=O) groups is 1. The van der Waals surface area contributed by atoms with Crippen LogP contribution in [-0.4, -0.2) is 18.2 Å². The second-order valence-corrected chi connectivity index (χ2v) is 7.43. The molecule has 0 radical (unpaired) electrons. The lowest BCUT2D eigenvalue weighted by Gasteiger charge is -2.14. The molecule has 0 saturated carbocycles. The normalized spacial score (nSPS) is 10.6. The third-order valence-electron chi connectivity index (χ3n) is 3.76. The van der Waals surface area contributed by atoms with Crippen molar-refractivity contribution in [2.45, 2.75) is 33.6 Å². The molecule has 134 valence electrons. The third-order valence-corrected chi connectivity index (χ3v) is 4.91. The molecule has 2 aromatic rings. The quantitative estimate of drug-likeness (QED) is 0.542. The SMILES string of the molecule is CCc1ccccc1NC(=S)Nc1scc(CC(C)C)c1C(=O)OC. The number of anilines is 2. The van der Waals surface area contributed by atoms with Crippen LogP contribution in [0.2, 0.25) is 0 Å². The Hall–Kier alpha value is -1.92. The van der Waals surface area contributed by atoms with Gasteiger partial charge in [-0.1, -0.05) is 39.0 Å². The number of para-hydroxylation sites is 1. The van der Waals surface area contributed by atoms with E-state index in [2.05, 4.69) is 37.5 Å². The number of rotatable bonds is 6. The maximum absolute atomic E-state index is 12.2. The van der Waals surface area contributed by atoms with Gasteiger partial charge in [0, 0.05) is 5.69 Å². The standard InChI is InChI=1S/C19H24N2O2S2/c1-5-13-8-6-7-9-15(13)20-19(24)21-17-16(18(22)23-4)14(11-25-17)10-12(2)3/h6-9,11-12H,5,10H2,1-4H3,(H2,20,21,24). The van der Waals surface area contributed by atoms with Gasteiger partial charge in [0.2, 0.25) is 0 Å². The van der Waals surface area contributed by atoms with E-state index in [1.165, 1.54) is 24.0 Å². The maximum atomic E-state index is 12.2. The molecule has 4 nitrogen and oxygen atoms in total. The Morgan fingerprint density at radius 1 is 1.24 bits per heavy atom. The lowest BCUT2D eigenvalue weighted by Crippen LogP contribution is -2.21. The van der Waals surface area contributed by atoms with Gasteiger partial charge in [-0.25, -0.2) is 4.79 Å². The molecule has 6 heteroatoms. The number of methoxy groups -OCH3 is 1. The van der Waals surface area contributed by atoms with Crippen molar-refractivity contribution in [2.75, 3.05) is 17.7 Å². The van der Waals surface area contributed by atoms with E-state index in [4.69, 9.17) is 17.0 Å². The average Bonchev–Trinajstić information content (AvgIpc) is 2.96. The minimum Gasteiger partial charge on any atom is -0.465 e. The zero-order valence-corrected chi connectivity index (χ0v) is 16.6. The molecule has 1 aromatic heterocycles. The number of benzene rings is 1. The van der Waals surface area contributed by atoms with Gasteiger partial charge in [0.05, 0.1) is 12.7 Å². The Kier molecular flexibility index (Phi) is 6.96. The van der Waals surface area contributed by atoms with E-state index < -0.39 is 0 Å². The fourth-order valence-corrected chi connectivity index (χ4v) is 3.85. The number of carbonyl (C=O) groups excluding carboxylic acids is 1. The minimum atomic E-state index is -0.337. The van der Waals surface area contributed by atoms with Crippen molar-refractivity contribution < 1.29 is 9.53 Å². The number of hydrogen-bond donors (Lipinski definition) is 2. The summed E-state index contributed by atoms with van der Waals surface area (Å²) in [6, 6.07) is 8.03. The molecule has 0 fully saturated rings. The summed E-state index contributed by atoms with van der Waals surface area (Å²) in [4.78, 5) is 12.2. The van der Waals surface area contributed by atoms with E-state index in [0.717, 1.165) is 24.1 Å². The summed E-state index contributed by atoms with van der Waals surface area (Å²) >= 11 is 6.91. The molecule has 0 amide bonds. The molecule has 0 aliphatic carbocycles. The molecular formula is C19H24N2O2S2. The van der Waals surface area contributed by atoms with Crippen molar-refractivity contribution in [1.29, 1.82) is 0 Å². The molecule has 0 bridgehead atoms. The second kappa shape index (κ2) is 8.97. The first-order chi connectivity index (χ1) is 12.0. The Morgan fingerprint density at radius 3 is 2.60 bits per heavy atom. The molecule has 0 unspecified atom stereocenters. The van der Waals surface area contributed by atoms with Crippen molar-refractivity contribution in [3.63, 3.8) is 0 Å². The van der Waals surface area contributed by atoms with Crippen LogP contribution in [0.3, 0.4) is 0 Å². The van der Waals surface area contributed by atoms with Crippen LogP contribution in [0, 0.1) is 5.92 Å². The van der Waals surface area contributed by atoms with Gasteiger partial charge in [0.25, 0.3) is 0 Å². The summed E-state index contributed by atoms with van der Waals surface area (Å²) in [5.41, 5.74) is 3.73. The molecule has 1 aromatic carbocycles. The van der Waals surface area contributed by atoms with Gasteiger partial charge >= 0.3 is 5.97 Å². The van der Waals surface area contributed by atoms with Crippen LogP contribution in [-0.2, 0) is 17.6 Å². The number of hydrogen-bond acceptors (Lipinski definition) is 4.